The maximum absolute atomic E-state index is 12.7. The molecule has 2 aliphatic rings. The highest BCUT2D eigenvalue weighted by atomic mass is 16.5. The highest BCUT2D eigenvalue weighted by Gasteiger charge is 2.43. The molecular formula is C23H29N3O2. The summed E-state index contributed by atoms with van der Waals surface area (Å²) in [5.41, 5.74) is 2.26. The predicted octanol–water partition coefficient (Wildman–Crippen LogP) is 3.22. The zero-order valence-electron chi connectivity index (χ0n) is 16.6. The van der Waals surface area contributed by atoms with Crippen LogP contribution in [0.25, 0.3) is 0 Å². The van der Waals surface area contributed by atoms with E-state index < -0.39 is 0 Å². The van der Waals surface area contributed by atoms with Crippen LogP contribution in [0.2, 0.25) is 0 Å². The Morgan fingerprint density at radius 3 is 2.71 bits per heavy atom. The van der Waals surface area contributed by atoms with Gasteiger partial charge in [-0.2, -0.15) is 0 Å². The second-order valence-electron chi connectivity index (χ2n) is 8.35. The van der Waals surface area contributed by atoms with E-state index in [0.717, 1.165) is 57.6 Å². The lowest BCUT2D eigenvalue weighted by molar-refractivity contribution is 0.0457. The summed E-state index contributed by atoms with van der Waals surface area (Å²) in [6, 6.07) is 13.7. The Bertz CT molecular complexity index is 773. The molecule has 3 heterocycles. The van der Waals surface area contributed by atoms with Crippen molar-refractivity contribution in [3.63, 3.8) is 0 Å². The molecule has 1 aromatic carbocycles. The van der Waals surface area contributed by atoms with Gasteiger partial charge in [0.1, 0.15) is 0 Å². The molecule has 0 N–H and O–H groups in total. The maximum atomic E-state index is 12.7. The maximum Gasteiger partial charge on any atom is 0.253 e. The topological polar surface area (TPSA) is 45.7 Å². The molecule has 2 aliphatic heterocycles. The van der Waals surface area contributed by atoms with E-state index in [9.17, 15) is 4.79 Å². The quantitative estimate of drug-likeness (QED) is 0.800. The van der Waals surface area contributed by atoms with Crippen molar-refractivity contribution in [2.75, 3.05) is 33.3 Å². The SMILES string of the molecule is CN(Cc1cccnc1)CC1CC2(CCN(C(=O)c3ccccc3)CC2)CO1. The van der Waals surface area contributed by atoms with Crippen molar-refractivity contribution < 1.29 is 9.53 Å². The van der Waals surface area contributed by atoms with Crippen LogP contribution >= 0.6 is 0 Å². The summed E-state index contributed by atoms with van der Waals surface area (Å²) in [6.45, 7) is 4.31. The van der Waals surface area contributed by atoms with E-state index in [2.05, 4.69) is 23.0 Å². The first-order chi connectivity index (χ1) is 13.6. The van der Waals surface area contributed by atoms with Gasteiger partial charge in [0.05, 0.1) is 12.7 Å². The number of piperidine rings is 1. The molecule has 1 amide bonds. The van der Waals surface area contributed by atoms with Gasteiger partial charge in [-0.3, -0.25) is 14.7 Å². The summed E-state index contributed by atoms with van der Waals surface area (Å²) in [7, 11) is 2.14. The average Bonchev–Trinajstić information content (AvgIpc) is 3.11. The molecule has 1 spiro atoms. The first-order valence-electron chi connectivity index (χ1n) is 10.2. The lowest BCUT2D eigenvalue weighted by Gasteiger charge is -2.38. The van der Waals surface area contributed by atoms with E-state index in [0.29, 0.717) is 0 Å². The molecule has 2 saturated heterocycles. The van der Waals surface area contributed by atoms with Crippen molar-refractivity contribution >= 4 is 5.91 Å². The Kier molecular flexibility index (Phi) is 5.74. The minimum Gasteiger partial charge on any atom is -0.376 e. The van der Waals surface area contributed by atoms with Gasteiger partial charge in [-0.05, 0) is 55.5 Å². The Balaban J connectivity index is 1.27. The molecule has 0 radical (unpaired) electrons. The number of hydrogen-bond acceptors (Lipinski definition) is 4. The van der Waals surface area contributed by atoms with Gasteiger partial charge < -0.3 is 9.64 Å². The summed E-state index contributed by atoms with van der Waals surface area (Å²) < 4.78 is 6.17. The van der Waals surface area contributed by atoms with Crippen LogP contribution in [0.5, 0.6) is 0 Å². The Morgan fingerprint density at radius 2 is 2.00 bits per heavy atom. The molecule has 1 atom stereocenters. The molecule has 4 rings (SSSR count). The number of pyridine rings is 1. The number of amides is 1. The van der Waals surface area contributed by atoms with Crippen molar-refractivity contribution in [2.45, 2.75) is 31.9 Å². The van der Waals surface area contributed by atoms with Gasteiger partial charge in [-0.15, -0.1) is 0 Å². The average molecular weight is 380 g/mol. The van der Waals surface area contributed by atoms with Crippen LogP contribution in [0.4, 0.5) is 0 Å². The number of rotatable bonds is 5. The van der Waals surface area contributed by atoms with Crippen LogP contribution in [0.15, 0.2) is 54.9 Å². The smallest absolute Gasteiger partial charge is 0.253 e. The van der Waals surface area contributed by atoms with Gasteiger partial charge in [-0.25, -0.2) is 0 Å². The third-order valence-electron chi connectivity index (χ3n) is 6.11. The number of hydrogen-bond donors (Lipinski definition) is 0. The number of carbonyl (C=O) groups is 1. The first kappa shape index (κ1) is 19.1. The van der Waals surface area contributed by atoms with Crippen LogP contribution in [0, 0.1) is 5.41 Å². The van der Waals surface area contributed by atoms with E-state index in [4.69, 9.17) is 4.74 Å². The lowest BCUT2D eigenvalue weighted by Crippen LogP contribution is -2.43. The standard InChI is InChI=1S/C23H29N3O2/c1-25(16-19-6-5-11-24-15-19)17-21-14-23(18-28-21)9-12-26(13-10-23)22(27)20-7-3-2-4-8-20/h2-8,11,15,21H,9-10,12-14,16-18H2,1H3. The second kappa shape index (κ2) is 8.41. The zero-order valence-corrected chi connectivity index (χ0v) is 16.6. The van der Waals surface area contributed by atoms with E-state index >= 15 is 0 Å². The number of ether oxygens (including phenoxy) is 1. The predicted molar refractivity (Wildman–Crippen MR) is 109 cm³/mol. The van der Waals surface area contributed by atoms with Crippen molar-refractivity contribution in [3.05, 3.63) is 66.0 Å². The van der Waals surface area contributed by atoms with Crippen molar-refractivity contribution in [1.29, 1.82) is 0 Å². The molecule has 0 aliphatic carbocycles. The normalized spacial score (nSPS) is 21.4. The van der Waals surface area contributed by atoms with Gasteiger partial charge >= 0.3 is 0 Å². The van der Waals surface area contributed by atoms with Crippen molar-refractivity contribution in [2.24, 2.45) is 5.41 Å². The molecule has 2 fully saturated rings. The summed E-state index contributed by atoms with van der Waals surface area (Å²) in [5, 5.41) is 0. The van der Waals surface area contributed by atoms with Gasteiger partial charge in [0, 0.05) is 44.1 Å². The number of carbonyl (C=O) groups excluding carboxylic acids is 1. The van der Waals surface area contributed by atoms with Crippen LogP contribution in [0.3, 0.4) is 0 Å². The van der Waals surface area contributed by atoms with Gasteiger partial charge in [0.15, 0.2) is 0 Å². The largest absolute Gasteiger partial charge is 0.376 e. The van der Waals surface area contributed by atoms with Crippen LogP contribution < -0.4 is 0 Å². The molecule has 0 bridgehead atoms. The fourth-order valence-electron chi connectivity index (χ4n) is 4.52. The van der Waals surface area contributed by atoms with Crippen LogP contribution in [-0.4, -0.2) is 60.1 Å². The third kappa shape index (κ3) is 4.42. The van der Waals surface area contributed by atoms with Gasteiger partial charge in [0.25, 0.3) is 5.91 Å². The zero-order chi connectivity index (χ0) is 19.4. The van der Waals surface area contributed by atoms with Crippen molar-refractivity contribution in [3.8, 4) is 0 Å². The Hall–Kier alpha value is -2.24. The second-order valence-corrected chi connectivity index (χ2v) is 8.35. The van der Waals surface area contributed by atoms with E-state index in [1.807, 2.05) is 53.7 Å². The van der Waals surface area contributed by atoms with Gasteiger partial charge in [0.2, 0.25) is 0 Å². The van der Waals surface area contributed by atoms with Crippen LogP contribution in [-0.2, 0) is 11.3 Å². The summed E-state index contributed by atoms with van der Waals surface area (Å²) in [6.07, 6.45) is 7.17. The number of benzene rings is 1. The molecule has 148 valence electrons. The monoisotopic (exact) mass is 379 g/mol. The number of nitrogens with zero attached hydrogens (tertiary/aromatic N) is 3. The van der Waals surface area contributed by atoms with Crippen LogP contribution in [0.1, 0.15) is 35.2 Å². The lowest BCUT2D eigenvalue weighted by atomic mass is 9.76. The Morgan fingerprint density at radius 1 is 1.21 bits per heavy atom. The molecule has 1 unspecified atom stereocenters. The summed E-state index contributed by atoms with van der Waals surface area (Å²) >= 11 is 0. The molecule has 0 saturated carbocycles. The third-order valence-corrected chi connectivity index (χ3v) is 6.11. The van der Waals surface area contributed by atoms with E-state index in [1.165, 1.54) is 5.56 Å². The summed E-state index contributed by atoms with van der Waals surface area (Å²) in [5.74, 6) is 0.155. The molecule has 5 nitrogen and oxygen atoms in total. The fourth-order valence-corrected chi connectivity index (χ4v) is 4.52. The van der Waals surface area contributed by atoms with Crippen molar-refractivity contribution in [1.82, 2.24) is 14.8 Å². The number of likely N-dealkylation sites (N-methyl/N-ethyl adjacent to an activating group) is 1. The highest BCUT2D eigenvalue weighted by molar-refractivity contribution is 5.94. The Labute approximate surface area is 167 Å². The van der Waals surface area contributed by atoms with E-state index in [-0.39, 0.29) is 17.4 Å². The minimum absolute atomic E-state index is 0.155. The number of aromatic nitrogens is 1. The molecule has 5 heteroatoms. The molecular weight excluding hydrogens is 350 g/mol. The molecule has 28 heavy (non-hydrogen) atoms. The first-order valence-corrected chi connectivity index (χ1v) is 10.2. The molecule has 1 aromatic heterocycles. The fraction of sp³-hybridized carbons (Fsp3) is 0.478. The minimum atomic E-state index is 0.155. The number of likely N-dealkylation sites (tertiary alicyclic amines) is 1. The van der Waals surface area contributed by atoms with E-state index in [1.54, 1.807) is 0 Å². The summed E-state index contributed by atoms with van der Waals surface area (Å²) in [4.78, 5) is 21.2. The van der Waals surface area contributed by atoms with Gasteiger partial charge in [-0.1, -0.05) is 24.3 Å². The molecule has 2 aromatic rings. The highest BCUT2D eigenvalue weighted by Crippen LogP contribution is 2.42.